The van der Waals surface area contributed by atoms with Crippen molar-refractivity contribution < 1.29 is 19.8 Å². The zero-order chi connectivity index (χ0) is 9.28. The van der Waals surface area contributed by atoms with Crippen molar-refractivity contribution in [2.45, 2.75) is 12.6 Å². The third-order valence-electron chi connectivity index (χ3n) is 0.676. The van der Waals surface area contributed by atoms with Gasteiger partial charge in [-0.2, -0.15) is 0 Å². The van der Waals surface area contributed by atoms with Crippen molar-refractivity contribution in [3.8, 4) is 0 Å². The van der Waals surface area contributed by atoms with Crippen molar-refractivity contribution in [2.75, 3.05) is 0 Å². The van der Waals surface area contributed by atoms with E-state index in [9.17, 15) is 0 Å². The van der Waals surface area contributed by atoms with Crippen LogP contribution in [-0.4, -0.2) is 31.7 Å². The number of carboxylic acid groups (broad SMARTS) is 2. The Labute approximate surface area is 67.4 Å². The SMILES string of the molecule is C=CC[SiH2]C.O=C(O)C(=O)O. The zero-order valence-electron chi connectivity index (χ0n) is 6.41. The smallest absolute Gasteiger partial charge is 0.414 e. The first-order valence-electron chi connectivity index (χ1n) is 3.13. The fourth-order valence-electron chi connectivity index (χ4n) is 0.204. The molecule has 0 atom stereocenters. The molecule has 64 valence electrons. The highest BCUT2D eigenvalue weighted by Gasteiger charge is 2.04. The molecule has 0 aromatic carbocycles. The van der Waals surface area contributed by atoms with Gasteiger partial charge in [0.25, 0.3) is 0 Å². The van der Waals surface area contributed by atoms with Gasteiger partial charge in [-0.1, -0.05) is 12.6 Å². The van der Waals surface area contributed by atoms with Gasteiger partial charge in [0.2, 0.25) is 0 Å². The maximum Gasteiger partial charge on any atom is 0.414 e. The van der Waals surface area contributed by atoms with Crippen LogP contribution in [0, 0.1) is 0 Å². The van der Waals surface area contributed by atoms with E-state index in [1.54, 1.807) is 0 Å². The maximum absolute atomic E-state index is 9.10. The lowest BCUT2D eigenvalue weighted by Crippen LogP contribution is -2.09. The molecule has 0 saturated carbocycles. The molecule has 0 fully saturated rings. The molecule has 4 nitrogen and oxygen atoms in total. The Bertz CT molecular complexity index is 132. The van der Waals surface area contributed by atoms with Gasteiger partial charge in [-0.05, 0) is 6.04 Å². The van der Waals surface area contributed by atoms with Crippen LogP contribution in [-0.2, 0) is 9.59 Å². The van der Waals surface area contributed by atoms with Gasteiger partial charge in [0, 0.05) is 9.52 Å². The summed E-state index contributed by atoms with van der Waals surface area (Å²) in [6, 6.07) is 1.29. The molecular weight excluding hydrogens is 164 g/mol. The van der Waals surface area contributed by atoms with Crippen molar-refractivity contribution in [1.82, 2.24) is 0 Å². The monoisotopic (exact) mass is 176 g/mol. The minimum atomic E-state index is -1.82. The van der Waals surface area contributed by atoms with Crippen molar-refractivity contribution in [2.24, 2.45) is 0 Å². The normalized spacial score (nSPS) is 8.45. The Morgan fingerprint density at radius 3 is 1.82 bits per heavy atom. The molecule has 0 aromatic heterocycles. The van der Waals surface area contributed by atoms with Crippen LogP contribution in [0.3, 0.4) is 0 Å². The maximum atomic E-state index is 9.10. The van der Waals surface area contributed by atoms with Crippen molar-refractivity contribution in [3.63, 3.8) is 0 Å². The van der Waals surface area contributed by atoms with Crippen LogP contribution >= 0.6 is 0 Å². The molecule has 0 spiro atoms. The van der Waals surface area contributed by atoms with Crippen molar-refractivity contribution in [1.29, 1.82) is 0 Å². The van der Waals surface area contributed by atoms with Gasteiger partial charge in [0.15, 0.2) is 0 Å². The number of hydrogen-bond acceptors (Lipinski definition) is 2. The minimum absolute atomic E-state index is 0.296. The zero-order valence-corrected chi connectivity index (χ0v) is 7.82. The molecule has 0 aliphatic heterocycles. The Morgan fingerprint density at radius 1 is 1.45 bits per heavy atom. The van der Waals surface area contributed by atoms with E-state index >= 15 is 0 Å². The molecule has 0 aliphatic carbocycles. The van der Waals surface area contributed by atoms with E-state index in [2.05, 4.69) is 13.1 Å². The number of allylic oxidation sites excluding steroid dienone is 1. The third kappa shape index (κ3) is 17.6. The Balaban J connectivity index is 0. The van der Waals surface area contributed by atoms with Gasteiger partial charge in [-0.15, -0.1) is 6.58 Å². The topological polar surface area (TPSA) is 74.6 Å². The van der Waals surface area contributed by atoms with Gasteiger partial charge in [-0.25, -0.2) is 9.59 Å². The molecule has 5 heteroatoms. The van der Waals surface area contributed by atoms with Crippen molar-refractivity contribution >= 4 is 21.5 Å². The summed E-state index contributed by atoms with van der Waals surface area (Å²) < 4.78 is 0. The number of rotatable bonds is 2. The lowest BCUT2D eigenvalue weighted by Gasteiger charge is -1.72. The quantitative estimate of drug-likeness (QED) is 0.352. The fourth-order valence-corrected chi connectivity index (χ4v) is 0.612. The van der Waals surface area contributed by atoms with E-state index in [0.29, 0.717) is 9.52 Å². The summed E-state index contributed by atoms with van der Waals surface area (Å²) >= 11 is 0. The summed E-state index contributed by atoms with van der Waals surface area (Å²) in [6.45, 7) is 5.86. The summed E-state index contributed by atoms with van der Waals surface area (Å²) in [4.78, 5) is 18.2. The molecule has 2 N–H and O–H groups in total. The average molecular weight is 176 g/mol. The lowest BCUT2D eigenvalue weighted by molar-refractivity contribution is -0.159. The van der Waals surface area contributed by atoms with E-state index in [4.69, 9.17) is 19.8 Å². The van der Waals surface area contributed by atoms with Crippen LogP contribution < -0.4 is 0 Å². The van der Waals surface area contributed by atoms with Crippen LogP contribution in [0.4, 0.5) is 0 Å². The second-order valence-electron chi connectivity index (χ2n) is 1.69. The van der Waals surface area contributed by atoms with E-state index in [0.717, 1.165) is 0 Å². The van der Waals surface area contributed by atoms with Crippen molar-refractivity contribution in [3.05, 3.63) is 12.7 Å². The highest BCUT2D eigenvalue weighted by atomic mass is 28.2. The molecular formula is C6H12O4Si. The second-order valence-corrected chi connectivity index (χ2v) is 3.27. The highest BCUT2D eigenvalue weighted by Crippen LogP contribution is 1.72. The molecule has 0 aliphatic rings. The number of hydrogen-bond donors (Lipinski definition) is 2. The van der Waals surface area contributed by atoms with E-state index < -0.39 is 11.9 Å². The van der Waals surface area contributed by atoms with Crippen LogP contribution in [0.1, 0.15) is 0 Å². The molecule has 0 aromatic rings. The van der Waals surface area contributed by atoms with Crippen LogP contribution in [0.25, 0.3) is 0 Å². The first-order chi connectivity index (χ1) is 5.06. The summed E-state index contributed by atoms with van der Waals surface area (Å²) in [5, 5.41) is 14.8. The number of carbonyl (C=O) groups is 2. The standard InChI is InChI=1S/C4H10Si.C2H2O4/c1-3-4-5-2;3-1(4)2(5)6/h3H,1,4-5H2,2H3;(H,3,4)(H,5,6). The second kappa shape index (κ2) is 8.90. The van der Waals surface area contributed by atoms with E-state index in [-0.39, 0.29) is 0 Å². The molecule has 0 rings (SSSR count). The summed E-state index contributed by atoms with van der Waals surface area (Å²) in [6.07, 6.45) is 1.99. The molecule has 0 saturated heterocycles. The van der Waals surface area contributed by atoms with E-state index in [1.165, 1.54) is 6.04 Å². The number of carboxylic acids is 2. The average Bonchev–Trinajstić information content (AvgIpc) is 1.90. The largest absolute Gasteiger partial charge is 0.473 e. The van der Waals surface area contributed by atoms with Gasteiger partial charge >= 0.3 is 11.9 Å². The summed E-state index contributed by atoms with van der Waals surface area (Å²) in [7, 11) is 0.296. The van der Waals surface area contributed by atoms with E-state index in [1.807, 2.05) is 6.08 Å². The number of aliphatic carboxylic acids is 2. The molecule has 0 heterocycles. The molecule has 0 amide bonds. The van der Waals surface area contributed by atoms with Gasteiger partial charge in [-0.3, -0.25) is 0 Å². The summed E-state index contributed by atoms with van der Waals surface area (Å²) in [5.41, 5.74) is 0. The molecule has 0 radical (unpaired) electrons. The predicted molar refractivity (Wildman–Crippen MR) is 44.7 cm³/mol. The molecule has 0 bridgehead atoms. The van der Waals surface area contributed by atoms with Crippen LogP contribution in [0.2, 0.25) is 12.6 Å². The Kier molecular flexibility index (Phi) is 10.2. The van der Waals surface area contributed by atoms with Gasteiger partial charge in [0.1, 0.15) is 0 Å². The minimum Gasteiger partial charge on any atom is -0.473 e. The van der Waals surface area contributed by atoms with Gasteiger partial charge < -0.3 is 10.2 Å². The highest BCUT2D eigenvalue weighted by molar-refractivity contribution is 6.34. The molecule has 0 unspecified atom stereocenters. The first kappa shape index (κ1) is 12.6. The van der Waals surface area contributed by atoms with Crippen LogP contribution in [0.5, 0.6) is 0 Å². The Morgan fingerprint density at radius 2 is 1.82 bits per heavy atom. The Hall–Kier alpha value is -1.10. The first-order valence-corrected chi connectivity index (χ1v) is 5.54. The molecule has 11 heavy (non-hydrogen) atoms. The summed E-state index contributed by atoms with van der Waals surface area (Å²) in [5.74, 6) is -3.65. The predicted octanol–water partition coefficient (Wildman–Crippen LogP) is -0.0368. The lowest BCUT2D eigenvalue weighted by atomic mass is 10.7. The van der Waals surface area contributed by atoms with Crippen LogP contribution in [0.15, 0.2) is 12.7 Å². The van der Waals surface area contributed by atoms with Gasteiger partial charge in [0.05, 0.1) is 0 Å². The fraction of sp³-hybridized carbons (Fsp3) is 0.333. The third-order valence-corrected chi connectivity index (χ3v) is 1.66.